The smallest absolute Gasteiger partial charge is 0.280 e. The van der Waals surface area contributed by atoms with Gasteiger partial charge in [-0.15, -0.1) is 0 Å². The Balaban J connectivity index is 5.08. The zero-order valence-electron chi connectivity index (χ0n) is 9.06. The van der Waals surface area contributed by atoms with Crippen molar-refractivity contribution in [3.8, 4) is 0 Å². The van der Waals surface area contributed by atoms with Crippen LogP contribution in [0.2, 0.25) is 0 Å². The van der Waals surface area contributed by atoms with Crippen molar-refractivity contribution in [2.75, 3.05) is 21.1 Å². The van der Waals surface area contributed by atoms with Crippen LogP contribution >= 0.6 is 0 Å². The molecule has 7 heteroatoms. The summed E-state index contributed by atoms with van der Waals surface area (Å²) in [5, 5.41) is 20.0. The Morgan fingerprint density at radius 2 is 1.87 bits per heavy atom. The number of likely N-dealkylation sites (N-methyl/N-ethyl adjacent to an activating group) is 1. The van der Waals surface area contributed by atoms with Crippen LogP contribution in [0.5, 0.6) is 0 Å². The van der Waals surface area contributed by atoms with Crippen molar-refractivity contribution in [3.05, 3.63) is 0 Å². The van der Waals surface area contributed by atoms with Gasteiger partial charge in [0.2, 0.25) is 6.04 Å². The molecule has 0 fully saturated rings. The van der Waals surface area contributed by atoms with E-state index in [-0.39, 0.29) is 4.48 Å². The first kappa shape index (κ1) is 13.8. The quantitative estimate of drug-likeness (QED) is 0.324. The summed E-state index contributed by atoms with van der Waals surface area (Å²) in [5.41, 5.74) is 8.22. The molecule has 0 heterocycles. The average Bonchev–Trinajstić information content (AvgIpc) is 1.74. The number of carbonyl (C=O) groups excluding carboxylic acids is 2. The molecule has 2 unspecified atom stereocenters. The van der Waals surface area contributed by atoms with E-state index in [9.17, 15) is 19.8 Å². The Hall–Kier alpha value is -1.18. The van der Waals surface area contributed by atoms with Gasteiger partial charge in [0.05, 0.1) is 21.1 Å². The first-order valence-electron chi connectivity index (χ1n) is 4.30. The highest BCUT2D eigenvalue weighted by atomic mass is 16.4. The summed E-state index contributed by atoms with van der Waals surface area (Å²) in [4.78, 5) is 21.5. The number of quaternary nitrogens is 1. The molecule has 0 aliphatic heterocycles. The van der Waals surface area contributed by atoms with Crippen molar-refractivity contribution in [1.82, 2.24) is 0 Å². The van der Waals surface area contributed by atoms with Crippen LogP contribution in [0.4, 0.5) is 0 Å². The lowest BCUT2D eigenvalue weighted by molar-refractivity contribution is -0.893. The lowest BCUT2D eigenvalue weighted by Gasteiger charge is -2.40. The van der Waals surface area contributed by atoms with Gasteiger partial charge in [-0.2, -0.15) is 0 Å². The van der Waals surface area contributed by atoms with E-state index in [0.29, 0.717) is 0 Å². The van der Waals surface area contributed by atoms with Gasteiger partial charge >= 0.3 is 0 Å². The molecule has 0 spiro atoms. The Kier molecular flexibility index (Phi) is 3.81. The molecular formula is C8H17N3O4. The monoisotopic (exact) mass is 219 g/mol. The molecule has 15 heavy (non-hydrogen) atoms. The zero-order chi connectivity index (χ0) is 12.4. The van der Waals surface area contributed by atoms with Crippen LogP contribution in [-0.2, 0) is 9.59 Å². The number of carboxylic acid groups (broad SMARTS) is 1. The molecule has 0 rings (SSSR count). The minimum absolute atomic E-state index is 0.0738. The second-order valence-electron chi connectivity index (χ2n) is 4.46. The number of primary amides is 1. The average molecular weight is 219 g/mol. The number of nitrogens with zero attached hydrogens (tertiary/aromatic N) is 1. The van der Waals surface area contributed by atoms with Gasteiger partial charge in [-0.3, -0.25) is 10.5 Å². The van der Waals surface area contributed by atoms with E-state index < -0.39 is 30.1 Å². The van der Waals surface area contributed by atoms with Gasteiger partial charge in [0.1, 0.15) is 0 Å². The van der Waals surface area contributed by atoms with Crippen molar-refractivity contribution in [2.24, 2.45) is 11.5 Å². The molecule has 0 radical (unpaired) electrons. The fourth-order valence-electron chi connectivity index (χ4n) is 1.63. The van der Waals surface area contributed by atoms with Crippen molar-refractivity contribution in [3.63, 3.8) is 0 Å². The summed E-state index contributed by atoms with van der Waals surface area (Å²) in [7, 11) is 4.72. The van der Waals surface area contributed by atoms with Crippen molar-refractivity contribution < 1.29 is 24.3 Å². The van der Waals surface area contributed by atoms with E-state index in [4.69, 9.17) is 11.5 Å². The molecule has 0 aromatic carbocycles. The molecule has 0 aromatic heterocycles. The normalized spacial score (nSPS) is 17.9. The second kappa shape index (κ2) is 4.13. The number of rotatable bonds is 5. The van der Waals surface area contributed by atoms with E-state index in [1.807, 2.05) is 0 Å². The molecule has 5 N–H and O–H groups in total. The molecule has 1 amide bonds. The summed E-state index contributed by atoms with van der Waals surface area (Å²) in [5.74, 6) is -2.41. The Labute approximate surface area is 87.9 Å². The molecule has 88 valence electrons. The van der Waals surface area contributed by atoms with Gasteiger partial charge in [-0.25, -0.2) is 0 Å². The highest BCUT2D eigenvalue weighted by Crippen LogP contribution is 2.17. The van der Waals surface area contributed by atoms with Crippen LogP contribution in [0.15, 0.2) is 0 Å². The van der Waals surface area contributed by atoms with E-state index in [0.717, 1.165) is 0 Å². The molecular weight excluding hydrogens is 202 g/mol. The second-order valence-corrected chi connectivity index (χ2v) is 4.46. The van der Waals surface area contributed by atoms with Crippen LogP contribution < -0.4 is 16.6 Å². The number of amides is 1. The van der Waals surface area contributed by atoms with Gasteiger partial charge in [0.25, 0.3) is 5.91 Å². The molecule has 2 atom stereocenters. The summed E-state index contributed by atoms with van der Waals surface area (Å²) >= 11 is 0. The molecule has 0 saturated heterocycles. The van der Waals surface area contributed by atoms with Gasteiger partial charge in [-0.05, 0) is 0 Å². The van der Waals surface area contributed by atoms with Crippen molar-refractivity contribution in [2.45, 2.75) is 18.2 Å². The number of hydrogen-bond acceptors (Lipinski definition) is 5. The van der Waals surface area contributed by atoms with E-state index in [1.54, 1.807) is 21.1 Å². The number of aliphatic hydroxyl groups is 1. The fourth-order valence-corrected chi connectivity index (χ4v) is 1.63. The third-order valence-electron chi connectivity index (χ3n) is 1.95. The fraction of sp³-hybridized carbons (Fsp3) is 0.750. The van der Waals surface area contributed by atoms with Crippen molar-refractivity contribution >= 4 is 11.9 Å². The highest BCUT2D eigenvalue weighted by molar-refractivity contribution is 5.81. The zero-order valence-corrected chi connectivity index (χ0v) is 9.06. The molecule has 0 bridgehead atoms. The standard InChI is InChI=1S/C8H17N3O4/c1-11(2,3)6(7(9)14)8(10,15)4-5(12)13/h6,15H,4,10H2,1-3H3,(H2-,9,12,13,14). The van der Waals surface area contributed by atoms with Gasteiger partial charge in [0.15, 0.2) is 5.72 Å². The van der Waals surface area contributed by atoms with Crippen LogP contribution in [0, 0.1) is 0 Å². The van der Waals surface area contributed by atoms with Gasteiger partial charge < -0.3 is 25.2 Å². The van der Waals surface area contributed by atoms with E-state index >= 15 is 0 Å². The molecule has 0 aliphatic rings. The molecule has 0 aromatic rings. The SMILES string of the molecule is C[N+](C)(C)C(C(N)=O)C(N)(O)CC(=O)[O-]. The summed E-state index contributed by atoms with van der Waals surface area (Å²) < 4.78 is -0.0738. The minimum atomic E-state index is -2.22. The molecule has 0 aliphatic carbocycles. The maximum absolute atomic E-state index is 11.1. The van der Waals surface area contributed by atoms with Crippen LogP contribution in [-0.4, -0.2) is 54.4 Å². The third-order valence-corrected chi connectivity index (χ3v) is 1.95. The Bertz CT molecular complexity index is 270. The first-order valence-corrected chi connectivity index (χ1v) is 4.30. The number of hydrogen-bond donors (Lipinski definition) is 3. The number of carbonyl (C=O) groups is 2. The number of carboxylic acids is 1. The predicted octanol–water partition coefficient (Wildman–Crippen LogP) is -3.67. The number of aliphatic carboxylic acids is 1. The maximum atomic E-state index is 11.1. The topological polar surface area (TPSA) is 129 Å². The van der Waals surface area contributed by atoms with E-state index in [1.165, 1.54) is 0 Å². The largest absolute Gasteiger partial charge is 0.550 e. The van der Waals surface area contributed by atoms with Crippen LogP contribution in [0.25, 0.3) is 0 Å². The predicted molar refractivity (Wildman–Crippen MR) is 49.8 cm³/mol. The highest BCUT2D eigenvalue weighted by Gasteiger charge is 2.46. The van der Waals surface area contributed by atoms with Crippen molar-refractivity contribution in [1.29, 1.82) is 0 Å². The summed E-state index contributed by atoms with van der Waals surface area (Å²) in [6, 6.07) is -1.23. The minimum Gasteiger partial charge on any atom is -0.550 e. The third kappa shape index (κ3) is 3.82. The van der Waals surface area contributed by atoms with Crippen LogP contribution in [0.3, 0.4) is 0 Å². The number of nitrogens with two attached hydrogens (primary N) is 2. The Morgan fingerprint density at radius 3 is 2.07 bits per heavy atom. The maximum Gasteiger partial charge on any atom is 0.280 e. The van der Waals surface area contributed by atoms with Crippen LogP contribution in [0.1, 0.15) is 6.42 Å². The Morgan fingerprint density at radius 1 is 1.47 bits per heavy atom. The lowest BCUT2D eigenvalue weighted by atomic mass is 9.98. The van der Waals surface area contributed by atoms with Gasteiger partial charge in [-0.1, -0.05) is 0 Å². The summed E-state index contributed by atoms with van der Waals surface area (Å²) in [6.07, 6.45) is -0.851. The van der Waals surface area contributed by atoms with E-state index in [2.05, 4.69) is 0 Å². The lowest BCUT2D eigenvalue weighted by Crippen LogP contribution is -2.69. The molecule has 7 nitrogen and oxygen atoms in total. The first-order chi connectivity index (χ1) is 6.48. The summed E-state index contributed by atoms with van der Waals surface area (Å²) in [6.45, 7) is 0. The molecule has 0 saturated carbocycles. The van der Waals surface area contributed by atoms with Gasteiger partial charge in [0, 0.05) is 12.4 Å².